The Morgan fingerprint density at radius 3 is 2.15 bits per heavy atom. The SMILES string of the molecule is CCC(CC)(c1ccc(/C=C/C2(O)CCCCCC2)c(C)c1)c1ccc(-c2cncc(CC(=O)O)c2)c(C)c1. The quantitative estimate of drug-likeness (QED) is 0.276. The molecule has 1 aliphatic carbocycles. The molecule has 0 spiro atoms. The van der Waals surface area contributed by atoms with Crippen LogP contribution < -0.4 is 0 Å². The van der Waals surface area contributed by atoms with Gasteiger partial charge >= 0.3 is 5.97 Å². The Kier molecular flexibility index (Phi) is 9.07. The number of hydrogen-bond acceptors (Lipinski definition) is 3. The van der Waals surface area contributed by atoms with E-state index in [0.29, 0.717) is 5.56 Å². The molecule has 1 aromatic heterocycles. The molecule has 39 heavy (non-hydrogen) atoms. The lowest BCUT2D eigenvalue weighted by atomic mass is 9.69. The second-order valence-electron chi connectivity index (χ2n) is 11.4. The Labute approximate surface area is 233 Å². The number of carboxylic acid groups (broad SMARTS) is 1. The summed E-state index contributed by atoms with van der Waals surface area (Å²) in [5.74, 6) is -0.853. The molecule has 1 fully saturated rings. The van der Waals surface area contributed by atoms with Crippen LogP contribution >= 0.6 is 0 Å². The zero-order chi connectivity index (χ0) is 28.0. The van der Waals surface area contributed by atoms with Gasteiger partial charge in [-0.25, -0.2) is 0 Å². The van der Waals surface area contributed by atoms with Gasteiger partial charge in [0.15, 0.2) is 0 Å². The van der Waals surface area contributed by atoms with Crippen LogP contribution in [0.2, 0.25) is 0 Å². The molecule has 2 N–H and O–H groups in total. The standard InChI is InChI=1S/C35H43NO3/c1-5-35(6-2,30-12-11-28(25(3)19-30)15-18-34(39)16-9-7-8-10-17-34)31-13-14-32(26(4)20-31)29-21-27(22-33(37)38)23-36-24-29/h11-15,18-21,23-24,39H,5-10,16-17,22H2,1-4H3,(H,37,38)/b18-15+. The third-order valence-corrected chi connectivity index (χ3v) is 8.81. The predicted octanol–water partition coefficient (Wildman–Crippen LogP) is 8.20. The van der Waals surface area contributed by atoms with E-state index in [4.69, 9.17) is 0 Å². The minimum absolute atomic E-state index is 0.0312. The lowest BCUT2D eigenvalue weighted by Gasteiger charge is -2.34. The summed E-state index contributed by atoms with van der Waals surface area (Å²) in [7, 11) is 0. The molecule has 0 aliphatic heterocycles. The topological polar surface area (TPSA) is 70.4 Å². The first-order valence-electron chi connectivity index (χ1n) is 14.5. The Bertz CT molecular complexity index is 1330. The number of carboxylic acids is 1. The highest BCUT2D eigenvalue weighted by molar-refractivity contribution is 5.73. The second-order valence-corrected chi connectivity index (χ2v) is 11.4. The van der Waals surface area contributed by atoms with Crippen LogP contribution in [0.1, 0.15) is 98.6 Å². The summed E-state index contributed by atoms with van der Waals surface area (Å²) in [6, 6.07) is 15.4. The van der Waals surface area contributed by atoms with Gasteiger partial charge in [-0.1, -0.05) is 88.1 Å². The van der Waals surface area contributed by atoms with Gasteiger partial charge in [0.25, 0.3) is 0 Å². The van der Waals surface area contributed by atoms with Crippen LogP contribution in [-0.2, 0) is 16.6 Å². The zero-order valence-electron chi connectivity index (χ0n) is 24.0. The van der Waals surface area contributed by atoms with E-state index in [1.54, 1.807) is 12.4 Å². The number of pyridine rings is 1. The van der Waals surface area contributed by atoms with Gasteiger partial charge < -0.3 is 10.2 Å². The minimum Gasteiger partial charge on any atom is -0.481 e. The minimum atomic E-state index is -0.853. The maximum Gasteiger partial charge on any atom is 0.307 e. The number of aryl methyl sites for hydroxylation is 2. The highest BCUT2D eigenvalue weighted by Gasteiger charge is 2.31. The number of aliphatic hydroxyl groups is 1. The first-order valence-corrected chi connectivity index (χ1v) is 14.5. The van der Waals surface area contributed by atoms with Crippen LogP contribution in [0.25, 0.3) is 17.2 Å². The molecule has 1 aliphatic rings. The molecule has 1 heterocycles. The monoisotopic (exact) mass is 525 g/mol. The summed E-state index contributed by atoms with van der Waals surface area (Å²) in [5.41, 5.74) is 8.08. The van der Waals surface area contributed by atoms with Crippen molar-refractivity contribution in [2.45, 2.75) is 96.5 Å². The normalized spacial score (nSPS) is 15.8. The molecule has 4 nitrogen and oxygen atoms in total. The van der Waals surface area contributed by atoms with E-state index in [1.807, 2.05) is 12.1 Å². The van der Waals surface area contributed by atoms with Crippen molar-refractivity contribution in [3.63, 3.8) is 0 Å². The number of rotatable bonds is 9. The van der Waals surface area contributed by atoms with Gasteiger partial charge in [-0.15, -0.1) is 0 Å². The smallest absolute Gasteiger partial charge is 0.307 e. The van der Waals surface area contributed by atoms with Crippen molar-refractivity contribution >= 4 is 12.0 Å². The molecule has 0 amide bonds. The molecule has 206 valence electrons. The van der Waals surface area contributed by atoms with Crippen molar-refractivity contribution in [3.8, 4) is 11.1 Å². The summed E-state index contributed by atoms with van der Waals surface area (Å²) in [4.78, 5) is 15.5. The van der Waals surface area contributed by atoms with Gasteiger partial charge in [0.05, 0.1) is 12.0 Å². The Hall–Kier alpha value is -3.24. The van der Waals surface area contributed by atoms with E-state index in [2.05, 4.69) is 75.2 Å². The van der Waals surface area contributed by atoms with E-state index in [0.717, 1.165) is 60.8 Å². The van der Waals surface area contributed by atoms with Crippen molar-refractivity contribution in [1.82, 2.24) is 4.98 Å². The molecule has 0 radical (unpaired) electrons. The third kappa shape index (κ3) is 6.50. The fraction of sp³-hybridized carbons (Fsp3) is 0.429. The molecule has 0 bridgehead atoms. The van der Waals surface area contributed by atoms with Crippen LogP contribution in [0.5, 0.6) is 0 Å². The van der Waals surface area contributed by atoms with Crippen molar-refractivity contribution < 1.29 is 15.0 Å². The average Bonchev–Trinajstić information content (AvgIpc) is 3.14. The molecular formula is C35H43NO3. The van der Waals surface area contributed by atoms with Crippen LogP contribution in [0, 0.1) is 13.8 Å². The van der Waals surface area contributed by atoms with E-state index >= 15 is 0 Å². The van der Waals surface area contributed by atoms with Crippen LogP contribution in [0.15, 0.2) is 60.9 Å². The largest absolute Gasteiger partial charge is 0.481 e. The molecule has 4 rings (SSSR count). The Morgan fingerprint density at radius 1 is 0.923 bits per heavy atom. The fourth-order valence-electron chi connectivity index (χ4n) is 6.34. The van der Waals surface area contributed by atoms with Gasteiger partial charge in [0.1, 0.15) is 0 Å². The summed E-state index contributed by atoms with van der Waals surface area (Å²) in [6.07, 6.45) is 15.8. The van der Waals surface area contributed by atoms with Gasteiger partial charge in [-0.2, -0.15) is 0 Å². The van der Waals surface area contributed by atoms with Crippen LogP contribution in [0.3, 0.4) is 0 Å². The van der Waals surface area contributed by atoms with Gasteiger partial charge in [-0.3, -0.25) is 9.78 Å². The molecule has 0 atom stereocenters. The number of benzene rings is 2. The molecule has 2 aromatic carbocycles. The molecule has 4 heteroatoms. The number of carbonyl (C=O) groups is 1. The maximum absolute atomic E-state index is 11.2. The van der Waals surface area contributed by atoms with E-state index in [-0.39, 0.29) is 11.8 Å². The van der Waals surface area contributed by atoms with E-state index in [9.17, 15) is 15.0 Å². The van der Waals surface area contributed by atoms with Crippen molar-refractivity contribution in [3.05, 3.63) is 94.3 Å². The molecule has 1 saturated carbocycles. The third-order valence-electron chi connectivity index (χ3n) is 8.81. The van der Waals surface area contributed by atoms with Gasteiger partial charge in [0.2, 0.25) is 0 Å². The summed E-state index contributed by atoms with van der Waals surface area (Å²) >= 11 is 0. The number of aliphatic carboxylic acids is 1. The average molecular weight is 526 g/mol. The summed E-state index contributed by atoms with van der Waals surface area (Å²) in [6.45, 7) is 8.81. The molecule has 3 aromatic rings. The number of nitrogens with zero attached hydrogens (tertiary/aromatic N) is 1. The number of hydrogen-bond donors (Lipinski definition) is 2. The lowest BCUT2D eigenvalue weighted by Crippen LogP contribution is -2.26. The Balaban J connectivity index is 1.64. The maximum atomic E-state index is 11.2. The molecule has 0 saturated heterocycles. The highest BCUT2D eigenvalue weighted by atomic mass is 16.4. The second kappa shape index (κ2) is 12.3. The van der Waals surface area contributed by atoms with E-state index in [1.165, 1.54) is 29.5 Å². The molecular weight excluding hydrogens is 482 g/mol. The molecule has 0 unspecified atom stereocenters. The van der Waals surface area contributed by atoms with Crippen molar-refractivity contribution in [2.24, 2.45) is 0 Å². The van der Waals surface area contributed by atoms with Crippen molar-refractivity contribution in [2.75, 3.05) is 0 Å². The fourth-order valence-corrected chi connectivity index (χ4v) is 6.34. The first-order chi connectivity index (χ1) is 18.7. The van der Waals surface area contributed by atoms with Gasteiger partial charge in [0, 0.05) is 23.4 Å². The van der Waals surface area contributed by atoms with Crippen LogP contribution in [0.4, 0.5) is 0 Å². The van der Waals surface area contributed by atoms with Crippen molar-refractivity contribution in [1.29, 1.82) is 0 Å². The van der Waals surface area contributed by atoms with Gasteiger partial charge in [-0.05, 0) is 84.5 Å². The predicted molar refractivity (Wildman–Crippen MR) is 160 cm³/mol. The van der Waals surface area contributed by atoms with Crippen LogP contribution in [-0.4, -0.2) is 26.8 Å². The lowest BCUT2D eigenvalue weighted by molar-refractivity contribution is -0.136. The zero-order valence-corrected chi connectivity index (χ0v) is 24.0. The van der Waals surface area contributed by atoms with E-state index < -0.39 is 11.6 Å². The summed E-state index contributed by atoms with van der Waals surface area (Å²) in [5, 5.41) is 20.3. The number of aromatic nitrogens is 1. The first kappa shape index (κ1) is 28.8. The Morgan fingerprint density at radius 2 is 1.56 bits per heavy atom. The highest BCUT2D eigenvalue weighted by Crippen LogP contribution is 2.41. The summed E-state index contributed by atoms with van der Waals surface area (Å²) < 4.78 is 0.